The third-order valence-electron chi connectivity index (χ3n) is 2.49. The predicted octanol–water partition coefficient (Wildman–Crippen LogP) is 2.54. The fraction of sp³-hybridized carbons (Fsp3) is 0.182. The standard InChI is InChI=1S/C11H11Cl2N3O3S/c1-16-6-14-11(10(16)13)20(17,18)15-8-5-7(12)3-4-9(8)19-2/h3-6,15H,1-2H3. The molecule has 2 rings (SSSR count). The van der Waals surface area contributed by atoms with Gasteiger partial charge in [0.05, 0.1) is 19.1 Å². The second-order valence-corrected chi connectivity index (χ2v) is 6.29. The van der Waals surface area contributed by atoms with E-state index in [2.05, 4.69) is 9.71 Å². The van der Waals surface area contributed by atoms with Crippen LogP contribution in [0.15, 0.2) is 29.6 Å². The Labute approximate surface area is 126 Å². The Balaban J connectivity index is 2.43. The van der Waals surface area contributed by atoms with E-state index in [0.29, 0.717) is 10.8 Å². The monoisotopic (exact) mass is 335 g/mol. The topological polar surface area (TPSA) is 73.2 Å². The van der Waals surface area contributed by atoms with E-state index < -0.39 is 10.0 Å². The first-order chi connectivity index (χ1) is 9.35. The molecule has 0 radical (unpaired) electrons. The van der Waals surface area contributed by atoms with Gasteiger partial charge in [-0.3, -0.25) is 4.72 Å². The number of hydrogen-bond donors (Lipinski definition) is 1. The van der Waals surface area contributed by atoms with Gasteiger partial charge in [-0.2, -0.15) is 8.42 Å². The molecule has 0 bridgehead atoms. The Hall–Kier alpha value is -1.44. The Bertz CT molecular complexity index is 743. The molecule has 0 amide bonds. The van der Waals surface area contributed by atoms with Gasteiger partial charge in [-0.15, -0.1) is 0 Å². The second-order valence-electron chi connectivity index (χ2n) is 3.90. The zero-order valence-electron chi connectivity index (χ0n) is 10.6. The molecular weight excluding hydrogens is 325 g/mol. The molecule has 0 saturated carbocycles. The summed E-state index contributed by atoms with van der Waals surface area (Å²) < 4.78 is 33.3. The Morgan fingerprint density at radius 1 is 1.35 bits per heavy atom. The van der Waals surface area contributed by atoms with Crippen LogP contribution in [0.4, 0.5) is 5.69 Å². The quantitative estimate of drug-likeness (QED) is 0.931. The SMILES string of the molecule is COc1ccc(Cl)cc1NS(=O)(=O)c1ncn(C)c1Cl. The van der Waals surface area contributed by atoms with Crippen LogP contribution in [-0.2, 0) is 17.1 Å². The highest BCUT2D eigenvalue weighted by molar-refractivity contribution is 7.92. The normalized spacial score (nSPS) is 11.4. The van der Waals surface area contributed by atoms with Crippen LogP contribution in [0.25, 0.3) is 0 Å². The number of aryl methyl sites for hydroxylation is 1. The lowest BCUT2D eigenvalue weighted by Crippen LogP contribution is -2.14. The molecule has 0 fully saturated rings. The number of nitrogens with zero attached hydrogens (tertiary/aromatic N) is 2. The molecule has 0 atom stereocenters. The first kappa shape index (κ1) is 15.0. The maximum atomic E-state index is 12.2. The van der Waals surface area contributed by atoms with Gasteiger partial charge in [-0.1, -0.05) is 23.2 Å². The van der Waals surface area contributed by atoms with Gasteiger partial charge in [0.2, 0.25) is 5.03 Å². The molecule has 0 unspecified atom stereocenters. The fourth-order valence-electron chi connectivity index (χ4n) is 1.53. The van der Waals surface area contributed by atoms with Crippen molar-refractivity contribution >= 4 is 38.9 Å². The smallest absolute Gasteiger partial charge is 0.282 e. The summed E-state index contributed by atoms with van der Waals surface area (Å²) in [6.45, 7) is 0. The molecule has 9 heteroatoms. The lowest BCUT2D eigenvalue weighted by atomic mass is 10.3. The van der Waals surface area contributed by atoms with Gasteiger partial charge in [0, 0.05) is 12.1 Å². The number of benzene rings is 1. The first-order valence-electron chi connectivity index (χ1n) is 5.38. The molecule has 0 spiro atoms. The van der Waals surface area contributed by atoms with Crippen molar-refractivity contribution < 1.29 is 13.2 Å². The van der Waals surface area contributed by atoms with E-state index in [1.165, 1.54) is 24.1 Å². The van der Waals surface area contributed by atoms with Crippen LogP contribution in [0.5, 0.6) is 5.75 Å². The second kappa shape index (κ2) is 5.51. The van der Waals surface area contributed by atoms with E-state index in [9.17, 15) is 8.42 Å². The molecule has 1 heterocycles. The summed E-state index contributed by atoms with van der Waals surface area (Å²) in [6.07, 6.45) is 1.31. The minimum atomic E-state index is -3.93. The van der Waals surface area contributed by atoms with Crippen LogP contribution in [0.3, 0.4) is 0 Å². The van der Waals surface area contributed by atoms with Crippen molar-refractivity contribution in [3.8, 4) is 5.75 Å². The molecular formula is C11H11Cl2N3O3S. The van der Waals surface area contributed by atoms with E-state index >= 15 is 0 Å². The first-order valence-corrected chi connectivity index (χ1v) is 7.62. The number of imidazole rings is 1. The van der Waals surface area contributed by atoms with Crippen molar-refractivity contribution in [2.75, 3.05) is 11.8 Å². The molecule has 0 aliphatic heterocycles. The summed E-state index contributed by atoms with van der Waals surface area (Å²) in [4.78, 5) is 3.77. The summed E-state index contributed by atoms with van der Waals surface area (Å²) in [6, 6.07) is 4.58. The zero-order chi connectivity index (χ0) is 14.9. The number of anilines is 1. The third kappa shape index (κ3) is 2.84. The number of ether oxygens (including phenoxy) is 1. The molecule has 0 aliphatic rings. The molecule has 1 aromatic heterocycles. The molecule has 1 N–H and O–H groups in total. The van der Waals surface area contributed by atoms with E-state index in [-0.39, 0.29) is 15.9 Å². The number of methoxy groups -OCH3 is 1. The average Bonchev–Trinajstić information content (AvgIpc) is 2.70. The third-order valence-corrected chi connectivity index (χ3v) is 4.58. The van der Waals surface area contributed by atoms with Gasteiger partial charge in [0.1, 0.15) is 10.9 Å². The molecule has 108 valence electrons. The Morgan fingerprint density at radius 2 is 2.05 bits per heavy atom. The van der Waals surface area contributed by atoms with Gasteiger partial charge in [-0.05, 0) is 18.2 Å². The predicted molar refractivity (Wildman–Crippen MR) is 77.0 cm³/mol. The van der Waals surface area contributed by atoms with Crippen molar-refractivity contribution in [3.63, 3.8) is 0 Å². The minimum Gasteiger partial charge on any atom is -0.495 e. The van der Waals surface area contributed by atoms with Gasteiger partial charge < -0.3 is 9.30 Å². The van der Waals surface area contributed by atoms with Gasteiger partial charge in [0.25, 0.3) is 10.0 Å². The Kier molecular flexibility index (Phi) is 4.12. The van der Waals surface area contributed by atoms with Gasteiger partial charge in [-0.25, -0.2) is 4.98 Å². The summed E-state index contributed by atoms with van der Waals surface area (Å²) in [5.74, 6) is 0.338. The highest BCUT2D eigenvalue weighted by atomic mass is 35.5. The van der Waals surface area contributed by atoms with E-state index in [1.54, 1.807) is 19.2 Å². The van der Waals surface area contributed by atoms with Crippen molar-refractivity contribution in [1.82, 2.24) is 9.55 Å². The number of aromatic nitrogens is 2. The maximum Gasteiger partial charge on any atom is 0.282 e. The molecule has 2 aromatic rings. The summed E-state index contributed by atoms with van der Waals surface area (Å²) >= 11 is 11.7. The number of hydrogen-bond acceptors (Lipinski definition) is 4. The molecule has 1 aromatic carbocycles. The number of sulfonamides is 1. The summed E-state index contributed by atoms with van der Waals surface area (Å²) in [5.41, 5.74) is 0.210. The number of halogens is 2. The van der Waals surface area contributed by atoms with E-state index in [4.69, 9.17) is 27.9 Å². The number of rotatable bonds is 4. The lowest BCUT2D eigenvalue weighted by molar-refractivity contribution is 0.417. The largest absolute Gasteiger partial charge is 0.495 e. The van der Waals surface area contributed by atoms with E-state index in [1.807, 2.05) is 0 Å². The van der Waals surface area contributed by atoms with Crippen LogP contribution in [-0.4, -0.2) is 25.1 Å². The van der Waals surface area contributed by atoms with Crippen molar-refractivity contribution in [2.45, 2.75) is 5.03 Å². The fourth-order valence-corrected chi connectivity index (χ4v) is 3.19. The molecule has 20 heavy (non-hydrogen) atoms. The van der Waals surface area contributed by atoms with Crippen LogP contribution in [0.1, 0.15) is 0 Å². The molecule has 0 saturated heterocycles. The van der Waals surface area contributed by atoms with Crippen LogP contribution in [0.2, 0.25) is 10.2 Å². The van der Waals surface area contributed by atoms with Crippen molar-refractivity contribution in [1.29, 1.82) is 0 Å². The van der Waals surface area contributed by atoms with Crippen LogP contribution < -0.4 is 9.46 Å². The zero-order valence-corrected chi connectivity index (χ0v) is 12.9. The maximum absolute atomic E-state index is 12.2. The number of nitrogens with one attached hydrogen (secondary N) is 1. The Morgan fingerprint density at radius 3 is 2.60 bits per heavy atom. The van der Waals surface area contributed by atoms with Gasteiger partial charge >= 0.3 is 0 Å². The highest BCUT2D eigenvalue weighted by Crippen LogP contribution is 2.30. The summed E-state index contributed by atoms with van der Waals surface area (Å²) in [5, 5.41) is 0.123. The van der Waals surface area contributed by atoms with Crippen LogP contribution >= 0.6 is 23.2 Å². The highest BCUT2D eigenvalue weighted by Gasteiger charge is 2.23. The summed E-state index contributed by atoms with van der Waals surface area (Å²) in [7, 11) is -0.908. The van der Waals surface area contributed by atoms with Gasteiger partial charge in [0.15, 0.2) is 0 Å². The van der Waals surface area contributed by atoms with Crippen molar-refractivity contribution in [3.05, 3.63) is 34.7 Å². The molecule has 0 aliphatic carbocycles. The lowest BCUT2D eigenvalue weighted by Gasteiger charge is -2.11. The molecule has 6 nitrogen and oxygen atoms in total. The minimum absolute atomic E-state index is 0.0125. The van der Waals surface area contributed by atoms with Crippen LogP contribution in [0, 0.1) is 0 Å². The van der Waals surface area contributed by atoms with Crippen molar-refractivity contribution in [2.24, 2.45) is 7.05 Å². The van der Waals surface area contributed by atoms with E-state index in [0.717, 1.165) is 0 Å². The average molecular weight is 336 g/mol.